The van der Waals surface area contributed by atoms with E-state index in [9.17, 15) is 22.4 Å². The zero-order chi connectivity index (χ0) is 27.9. The van der Waals surface area contributed by atoms with Crippen molar-refractivity contribution < 1.29 is 22.4 Å². The lowest BCUT2D eigenvalue weighted by atomic mass is 9.92. The van der Waals surface area contributed by atoms with Gasteiger partial charge in [0.25, 0.3) is 10.2 Å². The molecule has 1 heterocycles. The van der Waals surface area contributed by atoms with Gasteiger partial charge in [-0.15, -0.1) is 0 Å². The van der Waals surface area contributed by atoms with Crippen molar-refractivity contribution in [3.8, 4) is 0 Å². The van der Waals surface area contributed by atoms with Crippen LogP contribution in [0, 0.1) is 17.7 Å². The van der Waals surface area contributed by atoms with Crippen LogP contribution in [0.3, 0.4) is 0 Å². The summed E-state index contributed by atoms with van der Waals surface area (Å²) in [5, 5.41) is 5.68. The van der Waals surface area contributed by atoms with Gasteiger partial charge in [-0.1, -0.05) is 51.1 Å². The number of nitrogens with two attached hydrogens (primary N) is 1. The summed E-state index contributed by atoms with van der Waals surface area (Å²) in [4.78, 5) is 25.7. The van der Waals surface area contributed by atoms with Crippen LogP contribution in [0.2, 0.25) is 0 Å². The predicted molar refractivity (Wildman–Crippen MR) is 146 cm³/mol. The van der Waals surface area contributed by atoms with Crippen LogP contribution in [-0.2, 0) is 26.2 Å². The number of anilines is 1. The van der Waals surface area contributed by atoms with Crippen LogP contribution >= 0.6 is 0 Å². The van der Waals surface area contributed by atoms with Crippen molar-refractivity contribution in [3.05, 3.63) is 66.0 Å². The third-order valence-corrected chi connectivity index (χ3v) is 8.44. The third-order valence-electron chi connectivity index (χ3n) is 6.49. The number of amides is 2. The first-order valence-electron chi connectivity index (χ1n) is 12.9. The van der Waals surface area contributed by atoms with Crippen molar-refractivity contribution >= 4 is 27.7 Å². The average molecular weight is 548 g/mol. The van der Waals surface area contributed by atoms with Gasteiger partial charge < -0.3 is 16.4 Å². The molecule has 4 N–H and O–H groups in total. The highest BCUT2D eigenvalue weighted by atomic mass is 32.2. The second-order valence-electron chi connectivity index (χ2n) is 10.3. The molecule has 3 rings (SSSR count). The fraction of sp³-hybridized carbons (Fsp3) is 0.481. The Morgan fingerprint density at radius 2 is 1.63 bits per heavy atom. The number of hydrogen-bond acceptors (Lipinski definition) is 5. The van der Waals surface area contributed by atoms with E-state index in [4.69, 9.17) is 5.73 Å². The molecule has 208 valence electrons. The lowest BCUT2D eigenvalue weighted by molar-refractivity contribution is -0.122. The molecule has 0 unspecified atom stereocenters. The summed E-state index contributed by atoms with van der Waals surface area (Å²) in [6, 6.07) is 13.9. The van der Waals surface area contributed by atoms with Crippen LogP contribution in [0.4, 0.5) is 10.1 Å². The number of benzene rings is 2. The summed E-state index contributed by atoms with van der Waals surface area (Å²) in [6.45, 7) is 6.33. The Labute approximate surface area is 224 Å². The van der Waals surface area contributed by atoms with E-state index < -0.39 is 39.9 Å². The van der Waals surface area contributed by atoms with Crippen molar-refractivity contribution in [2.24, 2.45) is 17.6 Å². The molecule has 3 atom stereocenters. The summed E-state index contributed by atoms with van der Waals surface area (Å²) >= 11 is 0. The van der Waals surface area contributed by atoms with Crippen molar-refractivity contribution in [2.45, 2.75) is 45.7 Å². The molecule has 0 spiro atoms. The number of nitrogens with zero attached hydrogens (tertiary/aromatic N) is 2. The molecule has 1 saturated heterocycles. The summed E-state index contributed by atoms with van der Waals surface area (Å²) < 4.78 is 41.4. The number of hydrogen-bond donors (Lipinski definition) is 3. The van der Waals surface area contributed by atoms with Crippen LogP contribution in [0.1, 0.15) is 32.8 Å². The Morgan fingerprint density at radius 3 is 2.26 bits per heavy atom. The number of carbonyl (C=O) groups is 2. The topological polar surface area (TPSA) is 125 Å². The first kappa shape index (κ1) is 29.7. The lowest BCUT2D eigenvalue weighted by Crippen LogP contribution is -2.52. The second-order valence-corrected chi connectivity index (χ2v) is 12.2. The van der Waals surface area contributed by atoms with Gasteiger partial charge in [-0.25, -0.2) is 4.39 Å². The van der Waals surface area contributed by atoms with E-state index in [2.05, 4.69) is 10.6 Å². The zero-order valence-electron chi connectivity index (χ0n) is 22.1. The number of rotatable bonds is 12. The van der Waals surface area contributed by atoms with E-state index in [1.807, 2.05) is 44.2 Å². The van der Waals surface area contributed by atoms with E-state index in [0.717, 1.165) is 5.56 Å². The maximum Gasteiger partial charge on any atom is 0.282 e. The Hall–Kier alpha value is -2.86. The first-order valence-corrected chi connectivity index (χ1v) is 14.3. The smallest absolute Gasteiger partial charge is 0.282 e. The molecule has 0 bridgehead atoms. The minimum atomic E-state index is -3.70. The molecule has 0 aliphatic carbocycles. The molecule has 38 heavy (non-hydrogen) atoms. The van der Waals surface area contributed by atoms with Gasteiger partial charge in [0.05, 0.1) is 6.54 Å². The fourth-order valence-corrected chi connectivity index (χ4v) is 6.16. The standard InChI is InChI=1S/C27H38FN5O4S/c1-19(2)17-32-13-14-33(38(32,36)37)18-26(34)31-25(16-21-7-5-4-6-8-21)24(29)15-20(3)27(35)30-23-11-9-22(28)10-12-23/h4-12,19-20,24-25H,13-18,29H2,1-3H3,(H,30,35)(H,31,34)/t20-,24+,25+/m1/s1. The molecule has 2 aromatic carbocycles. The molecule has 1 aliphatic rings. The maximum absolute atomic E-state index is 13.2. The minimum Gasteiger partial charge on any atom is -0.350 e. The monoisotopic (exact) mass is 547 g/mol. The average Bonchev–Trinajstić information content (AvgIpc) is 3.12. The van der Waals surface area contributed by atoms with Crippen LogP contribution in [0.15, 0.2) is 54.6 Å². The SMILES string of the molecule is CC(C)CN1CCN(CC(=O)N[C@@H](Cc2ccccc2)[C@@H](N)C[C@@H](C)C(=O)Nc2ccc(F)cc2)S1(=O)=O. The highest BCUT2D eigenvalue weighted by Gasteiger charge is 2.38. The van der Waals surface area contributed by atoms with Crippen LogP contribution in [-0.4, -0.2) is 67.1 Å². The van der Waals surface area contributed by atoms with Crippen molar-refractivity contribution in [2.75, 3.05) is 31.5 Å². The Bertz CT molecular complexity index is 1180. The summed E-state index contributed by atoms with van der Waals surface area (Å²) in [5.74, 6) is -1.43. The van der Waals surface area contributed by atoms with Gasteiger partial charge in [-0.2, -0.15) is 17.0 Å². The molecule has 11 heteroatoms. The van der Waals surface area contributed by atoms with Crippen LogP contribution in [0.5, 0.6) is 0 Å². The number of nitrogens with one attached hydrogen (secondary N) is 2. The van der Waals surface area contributed by atoms with Gasteiger partial charge in [0.15, 0.2) is 0 Å². The molecule has 9 nitrogen and oxygen atoms in total. The molecule has 2 aromatic rings. The maximum atomic E-state index is 13.2. The van der Waals surface area contributed by atoms with E-state index in [1.54, 1.807) is 6.92 Å². The zero-order valence-corrected chi connectivity index (χ0v) is 23.0. The highest BCUT2D eigenvalue weighted by Crippen LogP contribution is 2.19. The van der Waals surface area contributed by atoms with E-state index in [0.29, 0.717) is 25.2 Å². The largest absolute Gasteiger partial charge is 0.350 e. The minimum absolute atomic E-state index is 0.175. The fourth-order valence-electron chi connectivity index (χ4n) is 4.44. The van der Waals surface area contributed by atoms with E-state index in [1.165, 1.54) is 32.9 Å². The molecule has 0 saturated carbocycles. The van der Waals surface area contributed by atoms with Gasteiger partial charge in [0.2, 0.25) is 11.8 Å². The molecule has 0 aromatic heterocycles. The summed E-state index contributed by atoms with van der Waals surface area (Å²) in [5.41, 5.74) is 7.95. The molecule has 1 aliphatic heterocycles. The Morgan fingerprint density at radius 1 is 1.00 bits per heavy atom. The number of carbonyl (C=O) groups excluding carboxylic acids is 2. The highest BCUT2D eigenvalue weighted by molar-refractivity contribution is 7.87. The van der Waals surface area contributed by atoms with Gasteiger partial charge in [0.1, 0.15) is 5.82 Å². The number of halogens is 1. The van der Waals surface area contributed by atoms with Gasteiger partial charge in [0, 0.05) is 43.3 Å². The third kappa shape index (κ3) is 8.32. The van der Waals surface area contributed by atoms with Gasteiger partial charge >= 0.3 is 0 Å². The lowest BCUT2D eigenvalue weighted by Gasteiger charge is -2.28. The van der Waals surface area contributed by atoms with Crippen molar-refractivity contribution in [1.82, 2.24) is 13.9 Å². The molecular formula is C27H38FN5O4S. The van der Waals surface area contributed by atoms with Crippen LogP contribution < -0.4 is 16.4 Å². The van der Waals surface area contributed by atoms with E-state index in [-0.39, 0.29) is 31.3 Å². The van der Waals surface area contributed by atoms with E-state index >= 15 is 0 Å². The molecule has 1 fully saturated rings. The van der Waals surface area contributed by atoms with Crippen molar-refractivity contribution in [1.29, 1.82) is 0 Å². The summed E-state index contributed by atoms with van der Waals surface area (Å²) in [6.07, 6.45) is 0.696. The quantitative estimate of drug-likeness (QED) is 0.376. The van der Waals surface area contributed by atoms with Gasteiger partial charge in [-0.3, -0.25) is 9.59 Å². The summed E-state index contributed by atoms with van der Waals surface area (Å²) in [7, 11) is -3.70. The van der Waals surface area contributed by atoms with Crippen LogP contribution in [0.25, 0.3) is 0 Å². The predicted octanol–water partition coefficient (Wildman–Crippen LogP) is 2.36. The van der Waals surface area contributed by atoms with Gasteiger partial charge in [-0.05, 0) is 48.6 Å². The molecular weight excluding hydrogens is 509 g/mol. The molecule has 0 radical (unpaired) electrons. The Balaban J connectivity index is 1.65. The molecule has 2 amide bonds. The van der Waals surface area contributed by atoms with Crippen molar-refractivity contribution in [3.63, 3.8) is 0 Å². The second kappa shape index (κ2) is 13.3. The Kier molecular flexibility index (Phi) is 10.4. The normalized spacial score (nSPS) is 18.2. The first-order chi connectivity index (χ1) is 18.0.